The van der Waals surface area contributed by atoms with Gasteiger partial charge in [-0.15, -0.1) is 0 Å². The number of likely N-dealkylation sites (N-methyl/N-ethyl adjacent to an activating group) is 1. The molecular formula is C21H25FN4O. The van der Waals surface area contributed by atoms with E-state index in [9.17, 15) is 9.18 Å². The van der Waals surface area contributed by atoms with Crippen molar-refractivity contribution in [3.8, 4) is 0 Å². The molecule has 0 spiro atoms. The van der Waals surface area contributed by atoms with Gasteiger partial charge in [0, 0.05) is 18.8 Å². The molecular weight excluding hydrogens is 343 g/mol. The molecule has 0 radical (unpaired) electrons. The molecule has 0 bridgehead atoms. The molecule has 3 rings (SSSR count). The maximum absolute atomic E-state index is 13.0. The van der Waals surface area contributed by atoms with Gasteiger partial charge in [-0.2, -0.15) is 0 Å². The average Bonchev–Trinajstić information content (AvgIpc) is 2.92. The summed E-state index contributed by atoms with van der Waals surface area (Å²) >= 11 is 0. The zero-order valence-corrected chi connectivity index (χ0v) is 16.0. The number of aryl methyl sites for hydroxylation is 2. The minimum absolute atomic E-state index is 0.0938. The summed E-state index contributed by atoms with van der Waals surface area (Å²) in [6.45, 7) is 5.90. The number of amides is 1. The normalized spacial score (nSPS) is 11.3. The SMILES string of the molecule is CCCn1c(C)nc2cc(NC(=O)CN(C)Cc3ccc(F)cc3)ccc21. The molecule has 0 aliphatic heterocycles. The maximum atomic E-state index is 13.0. The quantitative estimate of drug-likeness (QED) is 0.687. The highest BCUT2D eigenvalue weighted by molar-refractivity contribution is 5.94. The highest BCUT2D eigenvalue weighted by Crippen LogP contribution is 2.21. The molecule has 0 atom stereocenters. The Morgan fingerprint density at radius 3 is 2.67 bits per heavy atom. The van der Waals surface area contributed by atoms with Crippen LogP contribution in [0.1, 0.15) is 24.7 Å². The first-order valence-electron chi connectivity index (χ1n) is 9.16. The second-order valence-electron chi connectivity index (χ2n) is 6.86. The summed E-state index contributed by atoms with van der Waals surface area (Å²) in [6.07, 6.45) is 1.05. The van der Waals surface area contributed by atoms with E-state index < -0.39 is 0 Å². The first kappa shape index (κ1) is 19.0. The summed E-state index contributed by atoms with van der Waals surface area (Å²) in [7, 11) is 1.86. The van der Waals surface area contributed by atoms with Crippen LogP contribution >= 0.6 is 0 Å². The van der Waals surface area contributed by atoms with Gasteiger partial charge in [-0.1, -0.05) is 19.1 Å². The molecule has 0 saturated carbocycles. The number of carbonyl (C=O) groups excluding carboxylic acids is 1. The Hall–Kier alpha value is -2.73. The number of fused-ring (bicyclic) bond motifs is 1. The molecule has 1 N–H and O–H groups in total. The van der Waals surface area contributed by atoms with Crippen LogP contribution in [0.25, 0.3) is 11.0 Å². The fraction of sp³-hybridized carbons (Fsp3) is 0.333. The van der Waals surface area contributed by atoms with Gasteiger partial charge < -0.3 is 9.88 Å². The third-order valence-electron chi connectivity index (χ3n) is 4.45. The van der Waals surface area contributed by atoms with Crippen LogP contribution in [0.2, 0.25) is 0 Å². The maximum Gasteiger partial charge on any atom is 0.238 e. The molecule has 0 saturated heterocycles. The van der Waals surface area contributed by atoms with Gasteiger partial charge in [-0.05, 0) is 56.3 Å². The smallest absolute Gasteiger partial charge is 0.238 e. The van der Waals surface area contributed by atoms with Crippen LogP contribution in [-0.4, -0.2) is 34.0 Å². The number of anilines is 1. The Morgan fingerprint density at radius 1 is 1.22 bits per heavy atom. The van der Waals surface area contributed by atoms with Gasteiger partial charge >= 0.3 is 0 Å². The van der Waals surface area contributed by atoms with Gasteiger partial charge in [0.15, 0.2) is 0 Å². The van der Waals surface area contributed by atoms with Gasteiger partial charge in [0.05, 0.1) is 17.6 Å². The van der Waals surface area contributed by atoms with E-state index in [1.807, 2.05) is 37.1 Å². The van der Waals surface area contributed by atoms with Gasteiger partial charge in [-0.3, -0.25) is 9.69 Å². The lowest BCUT2D eigenvalue weighted by Crippen LogP contribution is -2.29. The zero-order valence-electron chi connectivity index (χ0n) is 16.0. The number of nitrogens with zero attached hydrogens (tertiary/aromatic N) is 3. The van der Waals surface area contributed by atoms with E-state index in [-0.39, 0.29) is 18.3 Å². The van der Waals surface area contributed by atoms with E-state index in [4.69, 9.17) is 0 Å². The van der Waals surface area contributed by atoms with E-state index >= 15 is 0 Å². The monoisotopic (exact) mass is 368 g/mol. The van der Waals surface area contributed by atoms with Gasteiger partial charge in [0.1, 0.15) is 11.6 Å². The molecule has 6 heteroatoms. The molecule has 0 fully saturated rings. The van der Waals surface area contributed by atoms with Crippen LogP contribution in [0.4, 0.5) is 10.1 Å². The predicted molar refractivity (Wildman–Crippen MR) is 106 cm³/mol. The molecule has 0 aliphatic rings. The van der Waals surface area contributed by atoms with E-state index in [1.165, 1.54) is 12.1 Å². The third kappa shape index (κ3) is 4.71. The summed E-state index contributed by atoms with van der Waals surface area (Å²) in [6, 6.07) is 12.1. The van der Waals surface area contributed by atoms with Crippen LogP contribution in [0, 0.1) is 12.7 Å². The molecule has 1 aromatic heterocycles. The van der Waals surface area contributed by atoms with Crippen LogP contribution in [0.15, 0.2) is 42.5 Å². The number of rotatable bonds is 7. The summed E-state index contributed by atoms with van der Waals surface area (Å²) in [4.78, 5) is 18.8. The van der Waals surface area contributed by atoms with Gasteiger partial charge in [0.2, 0.25) is 5.91 Å². The molecule has 2 aromatic carbocycles. The van der Waals surface area contributed by atoms with Crippen molar-refractivity contribution in [2.75, 3.05) is 18.9 Å². The lowest BCUT2D eigenvalue weighted by molar-refractivity contribution is -0.117. The zero-order chi connectivity index (χ0) is 19.4. The fourth-order valence-electron chi connectivity index (χ4n) is 3.24. The first-order valence-corrected chi connectivity index (χ1v) is 9.16. The Kier molecular flexibility index (Phi) is 5.86. The van der Waals surface area contributed by atoms with Crippen molar-refractivity contribution in [2.24, 2.45) is 0 Å². The Morgan fingerprint density at radius 2 is 1.96 bits per heavy atom. The van der Waals surface area contributed by atoms with E-state index in [0.717, 1.165) is 41.1 Å². The van der Waals surface area contributed by atoms with Crippen LogP contribution in [0.3, 0.4) is 0 Å². The number of halogens is 1. The van der Waals surface area contributed by atoms with Gasteiger partial charge in [-0.25, -0.2) is 9.37 Å². The summed E-state index contributed by atoms with van der Waals surface area (Å²) < 4.78 is 15.2. The molecule has 1 amide bonds. The van der Waals surface area contributed by atoms with Gasteiger partial charge in [0.25, 0.3) is 0 Å². The average molecular weight is 368 g/mol. The van der Waals surface area contributed by atoms with E-state index in [0.29, 0.717) is 6.54 Å². The topological polar surface area (TPSA) is 50.2 Å². The Balaban J connectivity index is 1.62. The second-order valence-corrected chi connectivity index (χ2v) is 6.86. The molecule has 1 heterocycles. The Bertz CT molecular complexity index is 933. The molecule has 142 valence electrons. The summed E-state index contributed by atoms with van der Waals surface area (Å²) in [5.74, 6) is 0.629. The number of aromatic nitrogens is 2. The van der Waals surface area contributed by atoms with Crippen molar-refractivity contribution in [2.45, 2.75) is 33.4 Å². The molecule has 5 nitrogen and oxygen atoms in total. The van der Waals surface area contributed by atoms with Crippen molar-refractivity contribution >= 4 is 22.6 Å². The standard InChI is InChI=1S/C21H25FN4O/c1-4-11-26-15(2)23-19-12-18(9-10-20(19)26)24-21(27)14-25(3)13-16-5-7-17(22)8-6-16/h5-10,12H,4,11,13-14H2,1-3H3,(H,24,27). The lowest BCUT2D eigenvalue weighted by Gasteiger charge is -2.16. The minimum Gasteiger partial charge on any atom is -0.328 e. The molecule has 0 aliphatic carbocycles. The third-order valence-corrected chi connectivity index (χ3v) is 4.45. The van der Waals surface area contributed by atoms with Crippen molar-refractivity contribution in [1.29, 1.82) is 0 Å². The van der Waals surface area contributed by atoms with Crippen LogP contribution in [0.5, 0.6) is 0 Å². The molecule has 0 unspecified atom stereocenters. The summed E-state index contributed by atoms with van der Waals surface area (Å²) in [5.41, 5.74) is 3.67. The van der Waals surface area contributed by atoms with Crippen molar-refractivity contribution in [3.05, 3.63) is 59.7 Å². The number of carbonyl (C=O) groups is 1. The number of nitrogens with one attached hydrogen (secondary N) is 1. The first-order chi connectivity index (χ1) is 13.0. The van der Waals surface area contributed by atoms with Crippen molar-refractivity contribution in [3.63, 3.8) is 0 Å². The lowest BCUT2D eigenvalue weighted by atomic mass is 10.2. The highest BCUT2D eigenvalue weighted by Gasteiger charge is 2.11. The van der Waals surface area contributed by atoms with E-state index in [1.54, 1.807) is 12.1 Å². The van der Waals surface area contributed by atoms with Crippen LogP contribution in [-0.2, 0) is 17.9 Å². The number of hydrogen-bond donors (Lipinski definition) is 1. The highest BCUT2D eigenvalue weighted by atomic mass is 19.1. The number of benzene rings is 2. The minimum atomic E-state index is -0.258. The van der Waals surface area contributed by atoms with Crippen LogP contribution < -0.4 is 5.32 Å². The number of hydrogen-bond acceptors (Lipinski definition) is 3. The largest absolute Gasteiger partial charge is 0.328 e. The van der Waals surface area contributed by atoms with Crippen molar-refractivity contribution < 1.29 is 9.18 Å². The second kappa shape index (κ2) is 8.31. The van der Waals surface area contributed by atoms with E-state index in [2.05, 4.69) is 21.8 Å². The molecule has 27 heavy (non-hydrogen) atoms. The fourth-order valence-corrected chi connectivity index (χ4v) is 3.24. The number of imidazole rings is 1. The predicted octanol–water partition coefficient (Wildman–Crippen LogP) is 3.96. The van der Waals surface area contributed by atoms with Crippen molar-refractivity contribution in [1.82, 2.24) is 14.5 Å². The Labute approximate surface area is 158 Å². The summed E-state index contributed by atoms with van der Waals surface area (Å²) in [5, 5.41) is 2.93. The molecule has 3 aromatic rings.